The molecule has 0 aromatic rings. The predicted molar refractivity (Wildman–Crippen MR) is 105 cm³/mol. The van der Waals surface area contributed by atoms with Gasteiger partial charge in [-0.25, -0.2) is 4.79 Å². The Labute approximate surface area is 176 Å². The van der Waals surface area contributed by atoms with Crippen molar-refractivity contribution in [1.82, 2.24) is 0 Å². The Balaban J connectivity index is 1.49. The van der Waals surface area contributed by atoms with E-state index >= 15 is 0 Å². The zero-order valence-electron chi connectivity index (χ0n) is 17.4. The van der Waals surface area contributed by atoms with Crippen LogP contribution in [0.3, 0.4) is 0 Å². The molecule has 0 amide bonds. The second kappa shape index (κ2) is 9.81. The minimum absolute atomic E-state index is 0.00986. The standard InChI is InChI=1S/C22H32O8/c1-12(21(27)29-11-16(23)20-18(25)19(26)22(28)30-20)14-8-5-9-15(10-14)17(24)13-6-3-2-4-7-13/h12-16,20,23,25-26H,2-11H2,1H3/t12-,14?,15?,16-,20+/m0/s1. The summed E-state index contributed by atoms with van der Waals surface area (Å²) < 4.78 is 9.84. The number of aliphatic hydroxyl groups is 3. The highest BCUT2D eigenvalue weighted by atomic mass is 16.6. The molecule has 0 bridgehead atoms. The average molecular weight is 424 g/mol. The summed E-state index contributed by atoms with van der Waals surface area (Å²) in [4.78, 5) is 36.6. The lowest BCUT2D eigenvalue weighted by Crippen LogP contribution is -2.36. The zero-order chi connectivity index (χ0) is 21.8. The van der Waals surface area contributed by atoms with E-state index in [1.807, 2.05) is 0 Å². The van der Waals surface area contributed by atoms with Crippen molar-refractivity contribution in [2.24, 2.45) is 23.7 Å². The lowest BCUT2D eigenvalue weighted by molar-refractivity contribution is -0.159. The van der Waals surface area contributed by atoms with Crippen LogP contribution in [0.25, 0.3) is 0 Å². The summed E-state index contributed by atoms with van der Waals surface area (Å²) in [6.45, 7) is 1.29. The summed E-state index contributed by atoms with van der Waals surface area (Å²) >= 11 is 0. The Bertz CT molecular complexity index is 693. The Kier molecular flexibility index (Phi) is 7.39. The van der Waals surface area contributed by atoms with E-state index in [4.69, 9.17) is 4.74 Å². The van der Waals surface area contributed by atoms with Crippen molar-refractivity contribution in [1.29, 1.82) is 0 Å². The summed E-state index contributed by atoms with van der Waals surface area (Å²) in [5.74, 6) is -3.19. The van der Waals surface area contributed by atoms with Gasteiger partial charge in [-0.05, 0) is 38.0 Å². The number of ether oxygens (including phenoxy) is 2. The number of hydrogen-bond donors (Lipinski definition) is 3. The van der Waals surface area contributed by atoms with Crippen LogP contribution in [-0.4, -0.2) is 51.9 Å². The largest absolute Gasteiger partial charge is 0.505 e. The first-order valence-electron chi connectivity index (χ1n) is 11.0. The van der Waals surface area contributed by atoms with E-state index in [9.17, 15) is 29.7 Å². The fourth-order valence-corrected chi connectivity index (χ4v) is 4.97. The van der Waals surface area contributed by atoms with Gasteiger partial charge >= 0.3 is 11.9 Å². The Morgan fingerprint density at radius 1 is 1.07 bits per heavy atom. The second-order valence-electron chi connectivity index (χ2n) is 8.91. The first-order chi connectivity index (χ1) is 14.3. The molecule has 8 heteroatoms. The van der Waals surface area contributed by atoms with Crippen molar-refractivity contribution in [3.63, 3.8) is 0 Å². The van der Waals surface area contributed by atoms with Gasteiger partial charge in [-0.1, -0.05) is 32.6 Å². The number of ketones is 1. The average Bonchev–Trinajstić information content (AvgIpc) is 3.04. The van der Waals surface area contributed by atoms with E-state index < -0.39 is 48.2 Å². The highest BCUT2D eigenvalue weighted by Gasteiger charge is 2.40. The lowest BCUT2D eigenvalue weighted by atomic mass is 9.70. The third-order valence-electron chi connectivity index (χ3n) is 6.89. The van der Waals surface area contributed by atoms with Gasteiger partial charge in [0.1, 0.15) is 18.5 Å². The van der Waals surface area contributed by atoms with Gasteiger partial charge < -0.3 is 24.8 Å². The molecular formula is C22H32O8. The van der Waals surface area contributed by atoms with Gasteiger partial charge in [-0.15, -0.1) is 0 Å². The fraction of sp³-hybridized carbons (Fsp3) is 0.773. The van der Waals surface area contributed by atoms with Crippen LogP contribution in [0.4, 0.5) is 0 Å². The number of carbonyl (C=O) groups is 3. The third-order valence-corrected chi connectivity index (χ3v) is 6.89. The van der Waals surface area contributed by atoms with Gasteiger partial charge in [0.2, 0.25) is 5.76 Å². The Morgan fingerprint density at radius 3 is 2.37 bits per heavy atom. The maximum Gasteiger partial charge on any atom is 0.377 e. The van der Waals surface area contributed by atoms with Crippen LogP contribution in [0.15, 0.2) is 11.5 Å². The molecule has 0 spiro atoms. The molecule has 0 radical (unpaired) electrons. The molecule has 168 valence electrons. The minimum atomic E-state index is -1.48. The summed E-state index contributed by atoms with van der Waals surface area (Å²) in [5, 5.41) is 29.0. The van der Waals surface area contributed by atoms with Gasteiger partial charge in [0.15, 0.2) is 11.9 Å². The van der Waals surface area contributed by atoms with Crippen LogP contribution in [-0.2, 0) is 23.9 Å². The van der Waals surface area contributed by atoms with Crippen LogP contribution in [0.2, 0.25) is 0 Å². The lowest BCUT2D eigenvalue weighted by Gasteiger charge is -2.34. The van der Waals surface area contributed by atoms with Gasteiger partial charge in [-0.3, -0.25) is 9.59 Å². The summed E-state index contributed by atoms with van der Waals surface area (Å²) in [7, 11) is 0. The normalized spacial score (nSPS) is 29.9. The molecule has 8 nitrogen and oxygen atoms in total. The maximum atomic E-state index is 12.9. The second-order valence-corrected chi connectivity index (χ2v) is 8.91. The molecule has 5 atom stereocenters. The minimum Gasteiger partial charge on any atom is -0.505 e. The number of esters is 2. The van der Waals surface area contributed by atoms with E-state index in [1.165, 1.54) is 6.42 Å². The van der Waals surface area contributed by atoms with E-state index in [2.05, 4.69) is 4.74 Å². The first kappa shape index (κ1) is 22.6. The highest BCUT2D eigenvalue weighted by molar-refractivity contribution is 5.89. The van der Waals surface area contributed by atoms with Crippen molar-refractivity contribution in [3.05, 3.63) is 11.5 Å². The molecule has 0 aromatic heterocycles. The molecule has 30 heavy (non-hydrogen) atoms. The van der Waals surface area contributed by atoms with Crippen molar-refractivity contribution in [2.45, 2.75) is 76.9 Å². The Morgan fingerprint density at radius 2 is 1.73 bits per heavy atom. The number of carbonyl (C=O) groups excluding carboxylic acids is 3. The molecule has 0 saturated heterocycles. The predicted octanol–water partition coefficient (Wildman–Crippen LogP) is 2.74. The number of hydrogen-bond acceptors (Lipinski definition) is 8. The quantitative estimate of drug-likeness (QED) is 0.532. The SMILES string of the molecule is C[C@H](C(=O)OC[C@H](O)[C@H]1OC(=O)C(O)=C1O)C1CCCC(C(=O)C2CCCCC2)C1. The zero-order valence-corrected chi connectivity index (χ0v) is 17.4. The van der Waals surface area contributed by atoms with Crippen molar-refractivity contribution in [2.75, 3.05) is 6.61 Å². The van der Waals surface area contributed by atoms with E-state index in [0.29, 0.717) is 12.2 Å². The van der Waals surface area contributed by atoms with Crippen LogP contribution in [0.1, 0.15) is 64.7 Å². The fourth-order valence-electron chi connectivity index (χ4n) is 4.97. The monoisotopic (exact) mass is 424 g/mol. The highest BCUT2D eigenvalue weighted by Crippen LogP contribution is 2.38. The van der Waals surface area contributed by atoms with Crippen molar-refractivity contribution < 1.29 is 39.2 Å². The first-order valence-corrected chi connectivity index (χ1v) is 11.0. The van der Waals surface area contributed by atoms with Gasteiger partial charge in [0.25, 0.3) is 0 Å². The van der Waals surface area contributed by atoms with Gasteiger partial charge in [-0.2, -0.15) is 0 Å². The summed E-state index contributed by atoms with van der Waals surface area (Å²) in [6.07, 6.45) is 5.81. The van der Waals surface area contributed by atoms with Gasteiger partial charge in [0.05, 0.1) is 5.92 Å². The molecule has 1 heterocycles. The number of Topliss-reactive ketones (excluding diaryl/α,β-unsaturated/α-hetero) is 1. The number of cyclic esters (lactones) is 1. The van der Waals surface area contributed by atoms with E-state index in [-0.39, 0.29) is 17.8 Å². The van der Waals surface area contributed by atoms with Crippen LogP contribution in [0.5, 0.6) is 0 Å². The summed E-state index contributed by atoms with van der Waals surface area (Å²) in [6, 6.07) is 0. The molecule has 2 aliphatic carbocycles. The third kappa shape index (κ3) is 4.96. The van der Waals surface area contributed by atoms with E-state index in [0.717, 1.165) is 44.9 Å². The smallest absolute Gasteiger partial charge is 0.377 e. The van der Waals surface area contributed by atoms with Gasteiger partial charge in [0, 0.05) is 11.8 Å². The molecular weight excluding hydrogens is 392 g/mol. The molecule has 3 rings (SSSR count). The van der Waals surface area contributed by atoms with Crippen LogP contribution < -0.4 is 0 Å². The number of aliphatic hydroxyl groups excluding tert-OH is 3. The molecule has 3 N–H and O–H groups in total. The molecule has 2 fully saturated rings. The van der Waals surface area contributed by atoms with Crippen molar-refractivity contribution >= 4 is 17.7 Å². The molecule has 1 aliphatic heterocycles. The Hall–Kier alpha value is -2.09. The molecule has 0 aromatic carbocycles. The number of rotatable bonds is 7. The van der Waals surface area contributed by atoms with E-state index in [1.54, 1.807) is 6.92 Å². The van der Waals surface area contributed by atoms with Crippen LogP contribution in [0, 0.1) is 23.7 Å². The topological polar surface area (TPSA) is 130 Å². The maximum absolute atomic E-state index is 12.9. The molecule has 2 saturated carbocycles. The van der Waals surface area contributed by atoms with Crippen LogP contribution >= 0.6 is 0 Å². The molecule has 2 unspecified atom stereocenters. The van der Waals surface area contributed by atoms with Crippen molar-refractivity contribution in [3.8, 4) is 0 Å². The molecule has 3 aliphatic rings. The summed E-state index contributed by atoms with van der Waals surface area (Å²) in [5.41, 5.74) is 0.